The highest BCUT2D eigenvalue weighted by Gasteiger charge is 2.24. The summed E-state index contributed by atoms with van der Waals surface area (Å²) >= 11 is 0. The van der Waals surface area contributed by atoms with Gasteiger partial charge in [-0.05, 0) is 24.6 Å². The number of ether oxygens (including phenoxy) is 3. The highest BCUT2D eigenvalue weighted by Crippen LogP contribution is 2.36. The van der Waals surface area contributed by atoms with Crippen LogP contribution in [0, 0.1) is 0 Å². The van der Waals surface area contributed by atoms with Crippen LogP contribution in [0.1, 0.15) is 28.5 Å². The van der Waals surface area contributed by atoms with Gasteiger partial charge in [-0.15, -0.1) is 0 Å². The van der Waals surface area contributed by atoms with E-state index in [1.54, 1.807) is 48.5 Å². The van der Waals surface area contributed by atoms with Crippen molar-refractivity contribution in [3.05, 3.63) is 78.2 Å². The van der Waals surface area contributed by atoms with Crippen LogP contribution in [0.4, 0.5) is 0 Å². The van der Waals surface area contributed by atoms with Crippen molar-refractivity contribution in [1.29, 1.82) is 0 Å². The van der Waals surface area contributed by atoms with Crippen LogP contribution in [0.3, 0.4) is 0 Å². The summed E-state index contributed by atoms with van der Waals surface area (Å²) in [6, 6.07) is 6.99. The fourth-order valence-corrected chi connectivity index (χ4v) is 3.16. The molecule has 158 valence electrons. The molecular weight excluding hydrogens is 402 g/mol. The number of esters is 3. The maximum atomic E-state index is 12.0. The normalized spacial score (nSPS) is 14.1. The molecule has 0 radical (unpaired) electrons. The number of hydrogen-bond donors (Lipinski definition) is 0. The number of imidazole rings is 1. The summed E-state index contributed by atoms with van der Waals surface area (Å²) < 4.78 is 19.4. The van der Waals surface area contributed by atoms with Crippen molar-refractivity contribution in [2.24, 2.45) is 0 Å². The molecule has 31 heavy (non-hydrogen) atoms. The second kappa shape index (κ2) is 8.70. The molecule has 0 saturated carbocycles. The Kier molecular flexibility index (Phi) is 5.65. The third kappa shape index (κ3) is 4.55. The van der Waals surface area contributed by atoms with Crippen LogP contribution in [0.5, 0.6) is 11.5 Å². The molecular formula is C22H19N3O6. The van der Waals surface area contributed by atoms with Crippen LogP contribution < -0.4 is 9.47 Å². The molecule has 4 rings (SSSR count). The van der Waals surface area contributed by atoms with Crippen LogP contribution in [0.25, 0.3) is 0 Å². The van der Waals surface area contributed by atoms with E-state index in [0.717, 1.165) is 17.7 Å². The highest BCUT2D eigenvalue weighted by molar-refractivity contribution is 5.95. The van der Waals surface area contributed by atoms with E-state index in [0.29, 0.717) is 31.0 Å². The second-order valence-electron chi connectivity index (χ2n) is 6.73. The van der Waals surface area contributed by atoms with Crippen molar-refractivity contribution in [3.63, 3.8) is 0 Å². The van der Waals surface area contributed by atoms with Crippen molar-refractivity contribution >= 4 is 17.9 Å². The zero-order valence-electron chi connectivity index (χ0n) is 16.7. The van der Waals surface area contributed by atoms with Gasteiger partial charge in [-0.25, -0.2) is 19.4 Å². The standard InChI is InChI=1S/C22H19N3O6/c1-2-29-22(28)16-5-3-15(4-6-16)11-25-13-18-21(17(25)12-24-10-9-23-14-24)31-20(27)8-7-19(26)30-18/h3-10,13-14H,2,11-12H2,1H3/b8-7-. The van der Waals surface area contributed by atoms with Crippen molar-refractivity contribution < 1.29 is 28.6 Å². The number of aromatic nitrogens is 3. The van der Waals surface area contributed by atoms with Gasteiger partial charge in [-0.1, -0.05) is 12.1 Å². The van der Waals surface area contributed by atoms with Crippen molar-refractivity contribution in [3.8, 4) is 11.5 Å². The summed E-state index contributed by atoms with van der Waals surface area (Å²) in [5.41, 5.74) is 1.97. The first-order valence-electron chi connectivity index (χ1n) is 9.59. The molecule has 9 nitrogen and oxygen atoms in total. The minimum absolute atomic E-state index is 0.154. The molecule has 0 N–H and O–H groups in total. The molecule has 1 aromatic carbocycles. The van der Waals surface area contributed by atoms with E-state index in [1.165, 1.54) is 0 Å². The minimum atomic E-state index is -0.665. The zero-order chi connectivity index (χ0) is 21.8. The van der Waals surface area contributed by atoms with Gasteiger partial charge < -0.3 is 23.3 Å². The summed E-state index contributed by atoms with van der Waals surface area (Å²) in [6.45, 7) is 2.79. The van der Waals surface area contributed by atoms with Crippen molar-refractivity contribution in [2.75, 3.05) is 6.61 Å². The number of carbonyl (C=O) groups excluding carboxylic acids is 3. The van der Waals surface area contributed by atoms with Gasteiger partial charge in [0.2, 0.25) is 0 Å². The average Bonchev–Trinajstić information content (AvgIpc) is 3.36. The molecule has 1 aliphatic rings. The molecule has 0 bridgehead atoms. The molecule has 2 aromatic heterocycles. The van der Waals surface area contributed by atoms with E-state index in [-0.39, 0.29) is 17.5 Å². The molecule has 0 atom stereocenters. The van der Waals surface area contributed by atoms with E-state index < -0.39 is 11.9 Å². The SMILES string of the molecule is CCOC(=O)c1ccc(Cn2cc3c(c2Cn2ccnc2)OC(=O)/C=C\C(=O)O3)cc1. The molecule has 0 aliphatic carbocycles. The van der Waals surface area contributed by atoms with Gasteiger partial charge in [0.1, 0.15) is 0 Å². The molecule has 3 heterocycles. The predicted molar refractivity (Wildman–Crippen MR) is 108 cm³/mol. The third-order valence-corrected chi connectivity index (χ3v) is 4.58. The fourth-order valence-electron chi connectivity index (χ4n) is 3.16. The van der Waals surface area contributed by atoms with E-state index in [1.807, 2.05) is 16.7 Å². The van der Waals surface area contributed by atoms with E-state index in [9.17, 15) is 14.4 Å². The van der Waals surface area contributed by atoms with Gasteiger partial charge in [0.05, 0.1) is 36.9 Å². The Labute approximate surface area is 177 Å². The lowest BCUT2D eigenvalue weighted by molar-refractivity contribution is -0.133. The van der Waals surface area contributed by atoms with Gasteiger partial charge in [-0.2, -0.15) is 0 Å². The van der Waals surface area contributed by atoms with Crippen LogP contribution in [0.2, 0.25) is 0 Å². The van der Waals surface area contributed by atoms with Gasteiger partial charge in [0.25, 0.3) is 0 Å². The summed E-state index contributed by atoms with van der Waals surface area (Å²) in [6.07, 6.45) is 8.71. The lowest BCUT2D eigenvalue weighted by atomic mass is 10.1. The molecule has 0 unspecified atom stereocenters. The quantitative estimate of drug-likeness (QED) is 0.563. The number of fused-ring (bicyclic) bond motifs is 1. The number of hydrogen-bond acceptors (Lipinski definition) is 7. The summed E-state index contributed by atoms with van der Waals surface area (Å²) in [5.74, 6) is -1.38. The Balaban J connectivity index is 1.68. The first-order chi connectivity index (χ1) is 15.0. The first-order valence-corrected chi connectivity index (χ1v) is 9.59. The average molecular weight is 421 g/mol. The largest absolute Gasteiger partial charge is 0.462 e. The number of benzene rings is 1. The summed E-state index contributed by atoms with van der Waals surface area (Å²) in [5, 5.41) is 0. The zero-order valence-corrected chi connectivity index (χ0v) is 16.7. The van der Waals surface area contributed by atoms with Gasteiger partial charge in [0, 0.05) is 31.1 Å². The molecule has 1 aliphatic heterocycles. The first kappa shape index (κ1) is 20.1. The van der Waals surface area contributed by atoms with Crippen LogP contribution in [-0.2, 0) is 27.4 Å². The Morgan fingerprint density at radius 3 is 2.48 bits per heavy atom. The minimum Gasteiger partial charge on any atom is -0.462 e. The molecule has 0 saturated heterocycles. The Morgan fingerprint density at radius 1 is 1.06 bits per heavy atom. The van der Waals surface area contributed by atoms with E-state index in [2.05, 4.69) is 4.98 Å². The Morgan fingerprint density at radius 2 is 1.81 bits per heavy atom. The lowest BCUT2D eigenvalue weighted by Gasteiger charge is -2.12. The molecule has 0 fully saturated rings. The Hall–Kier alpha value is -4.14. The van der Waals surface area contributed by atoms with Crippen LogP contribution in [-0.4, -0.2) is 38.6 Å². The summed E-state index contributed by atoms with van der Waals surface area (Å²) in [4.78, 5) is 39.8. The maximum Gasteiger partial charge on any atom is 0.338 e. The van der Waals surface area contributed by atoms with Gasteiger partial charge in [0.15, 0.2) is 11.5 Å². The second-order valence-corrected chi connectivity index (χ2v) is 6.73. The summed E-state index contributed by atoms with van der Waals surface area (Å²) in [7, 11) is 0. The topological polar surface area (TPSA) is 102 Å². The number of rotatable bonds is 6. The maximum absolute atomic E-state index is 12.0. The van der Waals surface area contributed by atoms with Crippen molar-refractivity contribution in [2.45, 2.75) is 20.0 Å². The number of carbonyl (C=O) groups is 3. The fraction of sp³-hybridized carbons (Fsp3) is 0.182. The molecule has 0 spiro atoms. The predicted octanol–water partition coefficient (Wildman–Crippen LogP) is 2.34. The lowest BCUT2D eigenvalue weighted by Crippen LogP contribution is -2.14. The van der Waals surface area contributed by atoms with Crippen LogP contribution in [0.15, 0.2) is 61.3 Å². The van der Waals surface area contributed by atoms with E-state index >= 15 is 0 Å². The number of nitrogens with zero attached hydrogens (tertiary/aromatic N) is 3. The smallest absolute Gasteiger partial charge is 0.338 e. The molecule has 0 amide bonds. The van der Waals surface area contributed by atoms with E-state index in [4.69, 9.17) is 14.2 Å². The Bertz CT molecular complexity index is 1140. The highest BCUT2D eigenvalue weighted by atomic mass is 16.6. The molecule has 3 aromatic rings. The van der Waals surface area contributed by atoms with Gasteiger partial charge in [-0.3, -0.25) is 0 Å². The third-order valence-electron chi connectivity index (χ3n) is 4.58. The molecule has 9 heteroatoms. The van der Waals surface area contributed by atoms with Crippen molar-refractivity contribution in [1.82, 2.24) is 14.1 Å². The van der Waals surface area contributed by atoms with Crippen LogP contribution >= 0.6 is 0 Å². The monoisotopic (exact) mass is 421 g/mol. The van der Waals surface area contributed by atoms with Gasteiger partial charge >= 0.3 is 17.9 Å².